The van der Waals surface area contributed by atoms with Crippen LogP contribution in [0.5, 0.6) is 0 Å². The molecule has 0 unspecified atom stereocenters. The zero-order chi connectivity index (χ0) is 21.0. The predicted octanol–water partition coefficient (Wildman–Crippen LogP) is 5.05. The highest BCUT2D eigenvalue weighted by atomic mass is 19.1. The maximum atomic E-state index is 13.5. The molecule has 1 aliphatic rings. The summed E-state index contributed by atoms with van der Waals surface area (Å²) in [5.74, 6) is -1.01. The summed E-state index contributed by atoms with van der Waals surface area (Å²) in [6.45, 7) is 4.04. The van der Waals surface area contributed by atoms with Gasteiger partial charge in [-0.25, -0.2) is 8.78 Å². The Labute approximate surface area is 169 Å². The van der Waals surface area contributed by atoms with Crippen molar-refractivity contribution in [2.45, 2.75) is 38.9 Å². The molecular formula is C24H24F2O3. The molecule has 1 heterocycles. The molecule has 1 saturated heterocycles. The Morgan fingerprint density at radius 3 is 2.00 bits per heavy atom. The lowest BCUT2D eigenvalue weighted by Gasteiger charge is -2.24. The van der Waals surface area contributed by atoms with E-state index in [1.54, 1.807) is 30.3 Å². The molecule has 0 bridgehead atoms. The summed E-state index contributed by atoms with van der Waals surface area (Å²) in [7, 11) is 0. The number of hydrogen-bond donors (Lipinski definition) is 1. The minimum absolute atomic E-state index is 0.00757. The van der Waals surface area contributed by atoms with Gasteiger partial charge in [0.15, 0.2) is 0 Å². The van der Waals surface area contributed by atoms with Crippen molar-refractivity contribution in [1.29, 1.82) is 0 Å². The van der Waals surface area contributed by atoms with Gasteiger partial charge >= 0.3 is 5.97 Å². The summed E-state index contributed by atoms with van der Waals surface area (Å²) in [6, 6.07) is 12.3. The first kappa shape index (κ1) is 20.9. The van der Waals surface area contributed by atoms with Crippen LogP contribution in [0.2, 0.25) is 0 Å². The highest BCUT2D eigenvalue weighted by Crippen LogP contribution is 2.32. The van der Waals surface area contributed by atoms with Gasteiger partial charge in [-0.3, -0.25) is 4.79 Å². The maximum Gasteiger partial charge on any atom is 0.309 e. The van der Waals surface area contributed by atoms with E-state index in [-0.39, 0.29) is 24.0 Å². The first-order chi connectivity index (χ1) is 13.8. The van der Waals surface area contributed by atoms with Gasteiger partial charge in [-0.15, -0.1) is 0 Å². The Hall–Kier alpha value is -2.79. The van der Waals surface area contributed by atoms with Crippen LogP contribution in [-0.4, -0.2) is 23.3 Å². The van der Waals surface area contributed by atoms with Crippen LogP contribution < -0.4 is 0 Å². The maximum absolute atomic E-state index is 13.5. The lowest BCUT2D eigenvalue weighted by molar-refractivity contribution is -0.156. The largest absolute Gasteiger partial charge is 0.458 e. The van der Waals surface area contributed by atoms with Crippen molar-refractivity contribution in [1.82, 2.24) is 0 Å². The van der Waals surface area contributed by atoms with E-state index in [0.717, 1.165) is 22.3 Å². The van der Waals surface area contributed by atoms with Crippen LogP contribution in [0.25, 0.3) is 5.57 Å². The minimum atomic E-state index is -0.717. The van der Waals surface area contributed by atoms with E-state index in [4.69, 9.17) is 4.74 Å². The fraction of sp³-hybridized carbons (Fsp3) is 0.292. The van der Waals surface area contributed by atoms with Crippen molar-refractivity contribution in [2.24, 2.45) is 5.92 Å². The number of hydrogen-bond acceptors (Lipinski definition) is 3. The molecule has 29 heavy (non-hydrogen) atoms. The number of halogens is 2. The zero-order valence-electron chi connectivity index (χ0n) is 16.4. The third-order valence-corrected chi connectivity index (χ3v) is 4.86. The number of benzene rings is 2. The molecule has 0 spiro atoms. The molecule has 3 nitrogen and oxygen atoms in total. The van der Waals surface area contributed by atoms with Crippen molar-refractivity contribution in [3.05, 3.63) is 89.0 Å². The molecule has 1 aliphatic heterocycles. The Morgan fingerprint density at radius 2 is 1.55 bits per heavy atom. The molecule has 2 aromatic carbocycles. The molecule has 2 aromatic rings. The van der Waals surface area contributed by atoms with Gasteiger partial charge in [0.05, 0.1) is 12.5 Å². The summed E-state index contributed by atoms with van der Waals surface area (Å²) in [6.07, 6.45) is 2.77. The molecular weight excluding hydrogens is 374 g/mol. The molecule has 0 radical (unpaired) electrons. The molecule has 5 heteroatoms. The standard InChI is InChI=1S/C24H24F2O3/c1-15(2)22(12-11-21-13-20(27)14-23(28)29-21)24(16-3-7-18(25)8-4-16)17-5-9-19(26)10-6-17/h3-12,15,20-21,27H,13-14H2,1-2H3/t20-,21-/m0/s1. The smallest absolute Gasteiger partial charge is 0.309 e. The van der Waals surface area contributed by atoms with Gasteiger partial charge in [0.2, 0.25) is 0 Å². The Morgan fingerprint density at radius 1 is 1.03 bits per heavy atom. The van der Waals surface area contributed by atoms with Crippen LogP contribution in [0.4, 0.5) is 8.78 Å². The lowest BCUT2D eigenvalue weighted by Crippen LogP contribution is -2.31. The Bertz CT molecular complexity index is 865. The van der Waals surface area contributed by atoms with Gasteiger partial charge in [-0.05, 0) is 58.5 Å². The van der Waals surface area contributed by atoms with E-state index < -0.39 is 18.2 Å². The first-order valence-electron chi connectivity index (χ1n) is 9.65. The number of esters is 1. The second-order valence-electron chi connectivity index (χ2n) is 7.48. The van der Waals surface area contributed by atoms with Crippen molar-refractivity contribution in [2.75, 3.05) is 0 Å². The van der Waals surface area contributed by atoms with Crippen molar-refractivity contribution >= 4 is 11.5 Å². The molecule has 1 N–H and O–H groups in total. The summed E-state index contributed by atoms with van der Waals surface area (Å²) < 4.78 is 32.3. The van der Waals surface area contributed by atoms with Gasteiger partial charge in [0.25, 0.3) is 0 Å². The van der Waals surface area contributed by atoms with Crippen molar-refractivity contribution in [3.63, 3.8) is 0 Å². The molecule has 3 rings (SSSR count). The molecule has 2 atom stereocenters. The van der Waals surface area contributed by atoms with E-state index in [9.17, 15) is 18.7 Å². The summed E-state index contributed by atoms with van der Waals surface area (Å²) in [5.41, 5.74) is 3.37. The van der Waals surface area contributed by atoms with E-state index >= 15 is 0 Å². The first-order valence-corrected chi connectivity index (χ1v) is 9.65. The second-order valence-corrected chi connectivity index (χ2v) is 7.48. The lowest BCUT2D eigenvalue weighted by atomic mass is 9.87. The molecule has 0 aromatic heterocycles. The summed E-state index contributed by atoms with van der Waals surface area (Å²) >= 11 is 0. The summed E-state index contributed by atoms with van der Waals surface area (Å²) in [4.78, 5) is 11.6. The second kappa shape index (κ2) is 9.14. The number of carbonyl (C=O) groups is 1. The van der Waals surface area contributed by atoms with Crippen LogP contribution in [0.1, 0.15) is 37.8 Å². The predicted molar refractivity (Wildman–Crippen MR) is 108 cm³/mol. The minimum Gasteiger partial charge on any atom is -0.458 e. The number of ether oxygens (including phenoxy) is 1. The molecule has 0 amide bonds. The number of carbonyl (C=O) groups excluding carboxylic acids is 1. The number of aliphatic hydroxyl groups is 1. The highest BCUT2D eigenvalue weighted by Gasteiger charge is 2.25. The van der Waals surface area contributed by atoms with Crippen LogP contribution in [0.15, 0.2) is 66.3 Å². The molecule has 0 aliphatic carbocycles. The van der Waals surface area contributed by atoms with Crippen LogP contribution >= 0.6 is 0 Å². The van der Waals surface area contributed by atoms with Gasteiger partial charge in [0.1, 0.15) is 17.7 Å². The molecule has 0 saturated carbocycles. The van der Waals surface area contributed by atoms with Gasteiger partial charge < -0.3 is 9.84 Å². The van der Waals surface area contributed by atoms with Gasteiger partial charge in [-0.1, -0.05) is 44.2 Å². The number of cyclic esters (lactones) is 1. The number of rotatable bonds is 5. The fourth-order valence-electron chi connectivity index (χ4n) is 3.44. The van der Waals surface area contributed by atoms with Gasteiger partial charge in [0, 0.05) is 6.42 Å². The van der Waals surface area contributed by atoms with Crippen molar-refractivity contribution in [3.8, 4) is 0 Å². The van der Waals surface area contributed by atoms with Crippen molar-refractivity contribution < 1.29 is 23.4 Å². The highest BCUT2D eigenvalue weighted by molar-refractivity contribution is 5.84. The van der Waals surface area contributed by atoms with E-state index in [0.29, 0.717) is 6.42 Å². The van der Waals surface area contributed by atoms with Crippen LogP contribution in [-0.2, 0) is 9.53 Å². The number of allylic oxidation sites excluding steroid dienone is 2. The van der Waals surface area contributed by atoms with E-state index in [1.165, 1.54) is 24.3 Å². The third-order valence-electron chi connectivity index (χ3n) is 4.86. The monoisotopic (exact) mass is 398 g/mol. The number of aliphatic hydroxyl groups excluding tert-OH is 1. The molecule has 1 fully saturated rings. The average molecular weight is 398 g/mol. The normalized spacial score (nSPS) is 19.4. The van der Waals surface area contributed by atoms with Crippen LogP contribution in [0, 0.1) is 17.6 Å². The SMILES string of the molecule is CC(C)C(C=C[C@H]1C[C@H](O)CC(=O)O1)=C(c1ccc(F)cc1)c1ccc(F)cc1. The van der Waals surface area contributed by atoms with Crippen LogP contribution in [0.3, 0.4) is 0 Å². The average Bonchev–Trinajstić information content (AvgIpc) is 2.66. The summed E-state index contributed by atoms with van der Waals surface area (Å²) in [5, 5.41) is 9.82. The zero-order valence-corrected chi connectivity index (χ0v) is 16.4. The molecule has 152 valence electrons. The quantitative estimate of drug-likeness (QED) is 0.567. The van der Waals surface area contributed by atoms with Gasteiger partial charge in [-0.2, -0.15) is 0 Å². The van der Waals surface area contributed by atoms with E-state index in [1.807, 2.05) is 19.9 Å². The van der Waals surface area contributed by atoms with E-state index in [2.05, 4.69) is 0 Å². The third kappa shape index (κ3) is 5.39. The topological polar surface area (TPSA) is 46.5 Å². The Balaban J connectivity index is 2.08. The fourth-order valence-corrected chi connectivity index (χ4v) is 3.44. The Kier molecular flexibility index (Phi) is 6.60.